The maximum Gasteiger partial charge on any atom is 0.509 e. The number of carbonyl (C=O) groups is 4. The number of hydrogen-bond acceptors (Lipinski definition) is 21. The van der Waals surface area contributed by atoms with E-state index >= 15 is 0 Å². The fourth-order valence-corrected chi connectivity index (χ4v) is 13.6. The summed E-state index contributed by atoms with van der Waals surface area (Å²) in [4.78, 5) is 71.4. The maximum atomic E-state index is 15.0. The molecule has 7 rings (SSSR count). The first-order valence-electron chi connectivity index (χ1n) is 30.1. The van der Waals surface area contributed by atoms with Crippen LogP contribution in [-0.2, 0) is 89.9 Å². The van der Waals surface area contributed by atoms with Gasteiger partial charge in [-0.05, 0) is 140 Å². The third-order valence-electron chi connectivity index (χ3n) is 18.1. The Morgan fingerprint density at radius 2 is 1.61 bits per heavy atom. The number of aromatic nitrogens is 1. The molecule has 0 saturated carbocycles. The van der Waals surface area contributed by atoms with Crippen LogP contribution < -0.4 is 5.43 Å². The zero-order valence-electron chi connectivity index (χ0n) is 53.0. The number of nitrogens with zero attached hydrogens (tertiary/aromatic N) is 3. The van der Waals surface area contributed by atoms with Crippen LogP contribution in [-0.4, -0.2) is 195 Å². The number of ether oxygens (including phenoxy) is 13. The van der Waals surface area contributed by atoms with Crippen molar-refractivity contribution in [1.29, 1.82) is 0 Å². The standard InChI is InChI=1S/C62H97N3O19/c1-19-46-62(14)53(83-58(70)84-62)38(7)64(17)31-34(3)29-60(12,71)52(82-57-51(79-40(9)66)45(63(15)16)26-35(4)77-57)36(5)50(37(6)55(68)80-46)81-47-30-61(13,72-18)54(39(8)78-47)75-25-24-73-23-21-22-41-27-42-33-76-59(10,11)65-32-44(56(69)74-20-2)49(67)43(28-41)48(42)65/h27-28,32,34-39,45-47,50-54,57,71H,19-26,29-31,33H2,1-18H3/t34-,35-,36+,37-,38-,39+,45+,46-,47+,50+,51-,52-,53-,54+,57+,60-,61-,62-/m1/s1. The van der Waals surface area contributed by atoms with E-state index in [1.54, 1.807) is 34.8 Å². The fourth-order valence-electron chi connectivity index (χ4n) is 13.6. The molecule has 5 aliphatic heterocycles. The summed E-state index contributed by atoms with van der Waals surface area (Å²) in [7, 11) is 7.31. The lowest BCUT2D eigenvalue weighted by atomic mass is 9.77. The lowest BCUT2D eigenvalue weighted by Gasteiger charge is -2.49. The minimum absolute atomic E-state index is 0.0402. The van der Waals surface area contributed by atoms with Gasteiger partial charge in [0.2, 0.25) is 5.43 Å². The van der Waals surface area contributed by atoms with Crippen LogP contribution in [0.5, 0.6) is 0 Å². The number of carbonyl (C=O) groups excluding carboxylic acids is 4. The van der Waals surface area contributed by atoms with Gasteiger partial charge >= 0.3 is 24.1 Å². The molecule has 0 spiro atoms. The van der Waals surface area contributed by atoms with E-state index in [9.17, 15) is 29.1 Å². The molecule has 0 unspecified atom stereocenters. The average Bonchev–Trinajstić information content (AvgIpc) is 0.970. The smallest absolute Gasteiger partial charge is 0.462 e. The Morgan fingerprint density at radius 1 is 0.893 bits per heavy atom. The second-order valence-electron chi connectivity index (χ2n) is 25.6. The number of fused-ring (bicyclic) bond motifs is 1. The van der Waals surface area contributed by atoms with Gasteiger partial charge in [-0.25, -0.2) is 9.59 Å². The van der Waals surface area contributed by atoms with Gasteiger partial charge in [-0.15, -0.1) is 0 Å². The lowest BCUT2D eigenvalue weighted by Crippen LogP contribution is -2.61. The highest BCUT2D eigenvalue weighted by Crippen LogP contribution is 2.43. The van der Waals surface area contributed by atoms with Gasteiger partial charge in [0, 0.05) is 62.7 Å². The van der Waals surface area contributed by atoms with Crippen LogP contribution in [0, 0.1) is 17.8 Å². The van der Waals surface area contributed by atoms with Crippen molar-refractivity contribution in [3.63, 3.8) is 0 Å². The van der Waals surface area contributed by atoms with E-state index in [0.29, 0.717) is 44.4 Å². The second-order valence-corrected chi connectivity index (χ2v) is 25.6. The number of esters is 3. The van der Waals surface area contributed by atoms with Crippen LogP contribution in [0.15, 0.2) is 23.1 Å². The summed E-state index contributed by atoms with van der Waals surface area (Å²) >= 11 is 0. The van der Waals surface area contributed by atoms with Gasteiger partial charge in [-0.2, -0.15) is 0 Å². The Balaban J connectivity index is 1.10. The number of pyridine rings is 1. The summed E-state index contributed by atoms with van der Waals surface area (Å²) in [6.07, 6.45) is -5.38. The molecule has 2 aromatic rings. The number of aryl methyl sites for hydroxylation is 1. The van der Waals surface area contributed by atoms with Crippen molar-refractivity contribution in [2.75, 3.05) is 61.2 Å². The number of aliphatic hydroxyl groups is 1. The Morgan fingerprint density at radius 3 is 2.26 bits per heavy atom. The Labute approximate surface area is 495 Å². The van der Waals surface area contributed by atoms with E-state index in [0.717, 1.165) is 16.6 Å². The van der Waals surface area contributed by atoms with Crippen LogP contribution in [0.25, 0.3) is 10.9 Å². The fraction of sp³-hybridized carbons (Fsp3) is 0.790. The van der Waals surface area contributed by atoms with E-state index < -0.39 is 120 Å². The number of hydrogen-bond donors (Lipinski definition) is 1. The summed E-state index contributed by atoms with van der Waals surface area (Å²) in [5.41, 5.74) is -2.67. The molecular weight excluding hydrogens is 1090 g/mol. The summed E-state index contributed by atoms with van der Waals surface area (Å²) in [5, 5.41) is 13.5. The van der Waals surface area contributed by atoms with Crippen LogP contribution in [0.2, 0.25) is 0 Å². The monoisotopic (exact) mass is 1190 g/mol. The summed E-state index contributed by atoms with van der Waals surface area (Å²) in [5.74, 6) is -3.91. The first-order chi connectivity index (χ1) is 39.4. The zero-order chi connectivity index (χ0) is 62.0. The molecule has 1 N–H and O–H groups in total. The van der Waals surface area contributed by atoms with Gasteiger partial charge in [-0.3, -0.25) is 19.3 Å². The van der Waals surface area contributed by atoms with Crippen molar-refractivity contribution < 1.29 is 85.9 Å². The molecule has 22 heteroatoms. The SMILES string of the molecule is CCOC(=O)c1cn2c3c(cc(CCCOCCO[C@H]4[C@H](C)O[C@@H](O[C@H]5[C@H](C)[C@@H](O[C@@H]6O[C@H](C)C[C@H](N(C)C)[C@H]6OC(C)=O)[C@](C)(O)C[C@@H](C)CN(C)[C@H](C)[C@H]6OC(=O)O[C@]6(C)[C@@H](CC)OC(=O)[C@@H]5C)C[C@@]4(C)OC)cc3c1=O)COC2(C)C. The predicted molar refractivity (Wildman–Crippen MR) is 308 cm³/mol. The molecule has 0 radical (unpaired) electrons. The Bertz CT molecular complexity index is 2680. The van der Waals surface area contributed by atoms with E-state index in [1.165, 1.54) is 13.1 Å². The van der Waals surface area contributed by atoms with Gasteiger partial charge in [0.15, 0.2) is 30.4 Å². The van der Waals surface area contributed by atoms with E-state index in [1.807, 2.05) is 110 Å². The van der Waals surface area contributed by atoms with Crippen molar-refractivity contribution in [2.24, 2.45) is 17.8 Å². The summed E-state index contributed by atoms with van der Waals surface area (Å²) < 4.78 is 83.7. The minimum Gasteiger partial charge on any atom is -0.462 e. The lowest BCUT2D eigenvalue weighted by molar-refractivity contribution is -0.321. The van der Waals surface area contributed by atoms with Crippen molar-refractivity contribution in [3.8, 4) is 0 Å². The third kappa shape index (κ3) is 14.6. The van der Waals surface area contributed by atoms with Gasteiger partial charge in [-0.1, -0.05) is 26.8 Å². The number of benzene rings is 1. The first-order valence-corrected chi connectivity index (χ1v) is 30.1. The number of cyclic esters (lactones) is 1. The minimum atomic E-state index is -1.64. The predicted octanol–water partition coefficient (Wildman–Crippen LogP) is 7.04. The van der Waals surface area contributed by atoms with E-state index in [-0.39, 0.29) is 68.1 Å². The van der Waals surface area contributed by atoms with Crippen molar-refractivity contribution in [2.45, 2.75) is 238 Å². The molecular formula is C62H97N3O19. The van der Waals surface area contributed by atoms with Crippen molar-refractivity contribution in [1.82, 2.24) is 14.4 Å². The normalized spacial score (nSPS) is 36.9. The molecule has 1 aromatic carbocycles. The molecule has 0 bridgehead atoms. The highest BCUT2D eigenvalue weighted by Gasteiger charge is 2.59. The highest BCUT2D eigenvalue weighted by atomic mass is 16.8. The van der Waals surface area contributed by atoms with Gasteiger partial charge in [0.05, 0.1) is 79.5 Å². The number of methoxy groups -OCH3 is 1. The van der Waals surface area contributed by atoms with Crippen LogP contribution in [0.1, 0.15) is 151 Å². The first kappa shape index (κ1) is 67.2. The topological polar surface area (TPSA) is 237 Å². The zero-order valence-corrected chi connectivity index (χ0v) is 53.0. The Hall–Kier alpha value is -4.33. The largest absolute Gasteiger partial charge is 0.509 e. The highest BCUT2D eigenvalue weighted by molar-refractivity contribution is 5.95. The van der Waals surface area contributed by atoms with E-state index in [2.05, 4.69) is 0 Å². The second kappa shape index (κ2) is 27.4. The molecule has 84 heavy (non-hydrogen) atoms. The van der Waals surface area contributed by atoms with E-state index in [4.69, 9.17) is 61.6 Å². The molecule has 1 aromatic heterocycles. The molecule has 6 heterocycles. The molecule has 0 aliphatic carbocycles. The van der Waals surface area contributed by atoms with Gasteiger partial charge in [0.25, 0.3) is 0 Å². The van der Waals surface area contributed by atoms with Gasteiger partial charge < -0.3 is 76.2 Å². The number of likely N-dealkylation sites (N-methyl/N-ethyl adjacent to an activating group) is 2. The van der Waals surface area contributed by atoms with Crippen LogP contribution >= 0.6 is 0 Å². The quantitative estimate of drug-likeness (QED) is 0.0894. The molecule has 4 fully saturated rings. The molecule has 474 valence electrons. The van der Waals surface area contributed by atoms with Gasteiger partial charge in [0.1, 0.15) is 23.5 Å². The Kier molecular flexibility index (Phi) is 21.9. The molecule has 18 atom stereocenters. The molecule has 22 nitrogen and oxygen atoms in total. The van der Waals surface area contributed by atoms with Crippen molar-refractivity contribution in [3.05, 3.63) is 45.2 Å². The number of rotatable bonds is 18. The molecule has 0 amide bonds. The summed E-state index contributed by atoms with van der Waals surface area (Å²) in [6.45, 7) is 27.1. The third-order valence-corrected chi connectivity index (χ3v) is 18.1. The van der Waals surface area contributed by atoms with Crippen LogP contribution in [0.3, 0.4) is 0 Å². The van der Waals surface area contributed by atoms with Crippen molar-refractivity contribution >= 4 is 35.0 Å². The molecule has 5 aliphatic rings. The van der Waals surface area contributed by atoms with Crippen LogP contribution in [0.4, 0.5) is 4.79 Å². The summed E-state index contributed by atoms with van der Waals surface area (Å²) in [6, 6.07) is 3.19. The maximum absolute atomic E-state index is 15.0. The average molecular weight is 1190 g/mol. The molecule has 4 saturated heterocycles.